The summed E-state index contributed by atoms with van der Waals surface area (Å²) >= 11 is 0. The Morgan fingerprint density at radius 1 is 0.500 bits per heavy atom. The van der Waals surface area contributed by atoms with Gasteiger partial charge in [-0.05, 0) is 78.5 Å². The Labute approximate surface area is 297 Å². The van der Waals surface area contributed by atoms with Gasteiger partial charge in [-0.1, -0.05) is 65.7 Å². The third-order valence-electron chi connectivity index (χ3n) is 8.51. The Bertz CT molecular complexity index is 1980. The number of hydrogen-bond donors (Lipinski definition) is 0. The molecular formula is C44H34IrN3. The van der Waals surface area contributed by atoms with Crippen LogP contribution in [0.5, 0.6) is 0 Å². The molecule has 9 rings (SSSR count). The predicted octanol–water partition coefficient (Wildman–Crippen LogP) is 9.82. The average molecular weight is 797 g/mol. The second-order valence-electron chi connectivity index (χ2n) is 11.7. The Morgan fingerprint density at radius 2 is 1.08 bits per heavy atom. The summed E-state index contributed by atoms with van der Waals surface area (Å²) in [6, 6.07) is 50.8. The van der Waals surface area contributed by atoms with Crippen LogP contribution in [0.4, 0.5) is 0 Å². The maximum atomic E-state index is 4.50. The average Bonchev–Trinajstić information content (AvgIpc) is 3.16. The van der Waals surface area contributed by atoms with E-state index in [1.165, 1.54) is 38.9 Å². The van der Waals surface area contributed by atoms with Crippen LogP contribution in [-0.4, -0.2) is 15.0 Å². The second kappa shape index (κ2) is 15.7. The summed E-state index contributed by atoms with van der Waals surface area (Å²) in [7, 11) is 0. The van der Waals surface area contributed by atoms with E-state index in [9.17, 15) is 0 Å². The number of nitrogens with zero attached hydrogens (tertiary/aromatic N) is 3. The molecule has 234 valence electrons. The zero-order chi connectivity index (χ0) is 31.8. The van der Waals surface area contributed by atoms with E-state index < -0.39 is 0 Å². The van der Waals surface area contributed by atoms with Gasteiger partial charge in [-0.2, -0.15) is 0 Å². The third kappa shape index (κ3) is 7.58. The molecule has 3 nitrogen and oxygen atoms in total. The van der Waals surface area contributed by atoms with Crippen molar-refractivity contribution in [1.29, 1.82) is 0 Å². The van der Waals surface area contributed by atoms with Gasteiger partial charge in [0.15, 0.2) is 0 Å². The standard InChI is InChI=1S/C21H16N.C12H10N.C11H8N.Ir/c1-2-11-22-19(6-1)18-12-16-9-7-14-4-3-5-15-8-10-17(13-18)21(16)20(14)15;1-10-7-8-12(13-9-10)11-5-3-2-4-6-11;1-2-6-10(7-3-1)11-8-4-5-9-12-11;/h1-6,11-12H,7-10H2;2-5,7-9H,1H3;1-6,8-9H;/q3*-1;+3. The van der Waals surface area contributed by atoms with Gasteiger partial charge in [-0.3, -0.25) is 0 Å². The van der Waals surface area contributed by atoms with Crippen LogP contribution in [0.1, 0.15) is 27.8 Å². The molecule has 0 atom stereocenters. The summed E-state index contributed by atoms with van der Waals surface area (Å²) < 4.78 is 0. The summed E-state index contributed by atoms with van der Waals surface area (Å²) in [6.45, 7) is 2.03. The summed E-state index contributed by atoms with van der Waals surface area (Å²) in [5.41, 5.74) is 16.3. The maximum absolute atomic E-state index is 4.50. The Morgan fingerprint density at radius 3 is 1.65 bits per heavy atom. The molecule has 0 amide bonds. The van der Waals surface area contributed by atoms with Crippen LogP contribution in [0.2, 0.25) is 0 Å². The van der Waals surface area contributed by atoms with Crippen molar-refractivity contribution in [1.82, 2.24) is 15.0 Å². The van der Waals surface area contributed by atoms with Crippen LogP contribution in [0.25, 0.3) is 44.9 Å². The Balaban J connectivity index is 0.000000133. The molecule has 0 radical (unpaired) electrons. The van der Waals surface area contributed by atoms with E-state index in [0.29, 0.717) is 0 Å². The molecule has 0 saturated carbocycles. The molecule has 0 bridgehead atoms. The van der Waals surface area contributed by atoms with Crippen LogP contribution in [0.3, 0.4) is 0 Å². The first-order valence-electron chi connectivity index (χ1n) is 16.1. The van der Waals surface area contributed by atoms with Gasteiger partial charge < -0.3 is 15.0 Å². The van der Waals surface area contributed by atoms with Crippen molar-refractivity contribution in [2.45, 2.75) is 32.6 Å². The fourth-order valence-corrected chi connectivity index (χ4v) is 6.23. The van der Waals surface area contributed by atoms with Crippen molar-refractivity contribution in [2.24, 2.45) is 0 Å². The quantitative estimate of drug-likeness (QED) is 0.167. The molecule has 2 aliphatic rings. The van der Waals surface area contributed by atoms with Crippen LogP contribution in [0, 0.1) is 25.1 Å². The summed E-state index contributed by atoms with van der Waals surface area (Å²) in [6.07, 6.45) is 10.0. The maximum Gasteiger partial charge on any atom is 3.00 e. The molecule has 3 heterocycles. The fourth-order valence-electron chi connectivity index (χ4n) is 6.23. The van der Waals surface area contributed by atoms with E-state index in [0.717, 1.165) is 59.5 Å². The van der Waals surface area contributed by atoms with Gasteiger partial charge in [0.2, 0.25) is 0 Å². The largest absolute Gasteiger partial charge is 3.00 e. The van der Waals surface area contributed by atoms with Crippen molar-refractivity contribution >= 4 is 0 Å². The molecule has 4 aromatic carbocycles. The third-order valence-corrected chi connectivity index (χ3v) is 8.51. The van der Waals surface area contributed by atoms with Crippen molar-refractivity contribution in [3.63, 3.8) is 0 Å². The van der Waals surface area contributed by atoms with Gasteiger partial charge in [0.1, 0.15) is 0 Å². The molecule has 4 heteroatoms. The number of pyridine rings is 3. The van der Waals surface area contributed by atoms with Crippen LogP contribution in [-0.2, 0) is 45.8 Å². The summed E-state index contributed by atoms with van der Waals surface area (Å²) in [5, 5.41) is 0. The van der Waals surface area contributed by atoms with Crippen LogP contribution in [0.15, 0.2) is 140 Å². The first-order valence-corrected chi connectivity index (χ1v) is 16.1. The molecule has 0 aliphatic heterocycles. The molecule has 48 heavy (non-hydrogen) atoms. The van der Waals surface area contributed by atoms with E-state index in [1.807, 2.05) is 98.2 Å². The molecule has 0 fully saturated rings. The Hall–Kier alpha value is -5.02. The first kappa shape index (κ1) is 32.9. The van der Waals surface area contributed by atoms with Gasteiger partial charge in [-0.25, -0.2) is 0 Å². The minimum atomic E-state index is 0. The minimum absolute atomic E-state index is 0. The van der Waals surface area contributed by atoms with Crippen LogP contribution >= 0.6 is 0 Å². The zero-order valence-electron chi connectivity index (χ0n) is 26.8. The van der Waals surface area contributed by atoms with Gasteiger partial charge in [-0.15, -0.1) is 101 Å². The molecule has 7 aromatic rings. The SMILES string of the molecule is Cc1ccc(-c2[c-]cccc2)nc1.[Ir+3].[c-]1c(-c2ccccn2)cc2c3c1CCc1cccc(c1-3)CC2.[c-]1ccccc1-c1ccccn1. The van der Waals surface area contributed by atoms with Crippen molar-refractivity contribution < 1.29 is 20.1 Å². The monoisotopic (exact) mass is 797 g/mol. The molecule has 3 aromatic heterocycles. The van der Waals surface area contributed by atoms with Gasteiger partial charge in [0.05, 0.1) is 0 Å². The van der Waals surface area contributed by atoms with E-state index in [4.69, 9.17) is 0 Å². The smallest absolute Gasteiger partial charge is 0.305 e. The zero-order valence-corrected chi connectivity index (χ0v) is 29.2. The second-order valence-corrected chi connectivity index (χ2v) is 11.7. The van der Waals surface area contributed by atoms with Crippen LogP contribution < -0.4 is 0 Å². The van der Waals surface area contributed by atoms with Gasteiger partial charge in [0, 0.05) is 18.6 Å². The predicted molar refractivity (Wildman–Crippen MR) is 191 cm³/mol. The van der Waals surface area contributed by atoms with E-state index in [2.05, 4.69) is 75.6 Å². The van der Waals surface area contributed by atoms with E-state index >= 15 is 0 Å². The number of rotatable bonds is 3. The number of aromatic nitrogens is 3. The Kier molecular flexibility index (Phi) is 10.8. The number of hydrogen-bond acceptors (Lipinski definition) is 3. The van der Waals surface area contributed by atoms with Crippen molar-refractivity contribution in [3.05, 3.63) is 186 Å². The first-order chi connectivity index (χ1) is 23.2. The molecular weight excluding hydrogens is 763 g/mol. The van der Waals surface area contributed by atoms with E-state index in [1.54, 1.807) is 6.20 Å². The number of aryl methyl sites for hydroxylation is 5. The molecule has 0 unspecified atom stereocenters. The molecule has 0 spiro atoms. The normalized spacial score (nSPS) is 11.8. The minimum Gasteiger partial charge on any atom is -0.305 e. The summed E-state index contributed by atoms with van der Waals surface area (Å²) in [5.74, 6) is 0. The topological polar surface area (TPSA) is 38.7 Å². The number of benzene rings is 4. The van der Waals surface area contributed by atoms with Gasteiger partial charge >= 0.3 is 20.1 Å². The summed E-state index contributed by atoms with van der Waals surface area (Å²) in [4.78, 5) is 13.0. The molecule has 2 aliphatic carbocycles. The van der Waals surface area contributed by atoms with Crippen molar-refractivity contribution in [3.8, 4) is 44.9 Å². The fraction of sp³-hybridized carbons (Fsp3) is 0.114. The van der Waals surface area contributed by atoms with E-state index in [-0.39, 0.29) is 20.1 Å². The van der Waals surface area contributed by atoms with Gasteiger partial charge in [0.25, 0.3) is 0 Å². The van der Waals surface area contributed by atoms with Crippen molar-refractivity contribution in [2.75, 3.05) is 0 Å². The molecule has 0 N–H and O–H groups in total. The molecule has 0 saturated heterocycles.